The van der Waals surface area contributed by atoms with Crippen molar-refractivity contribution in [3.63, 3.8) is 0 Å². The van der Waals surface area contributed by atoms with Gasteiger partial charge in [-0.25, -0.2) is 0 Å². The Balaban J connectivity index is 1.67. The molecule has 5 atom stereocenters. The van der Waals surface area contributed by atoms with Crippen molar-refractivity contribution >= 4 is 15.0 Å². The van der Waals surface area contributed by atoms with Crippen LogP contribution in [0.4, 0.5) is 0 Å². The van der Waals surface area contributed by atoms with E-state index in [0.29, 0.717) is 32.5 Å². The number of aliphatic hydroxyl groups is 1. The van der Waals surface area contributed by atoms with Gasteiger partial charge in [0.15, 0.2) is 0 Å². The summed E-state index contributed by atoms with van der Waals surface area (Å²) in [5.74, 6) is 4.71. The van der Waals surface area contributed by atoms with Gasteiger partial charge in [0.2, 0.25) is 0 Å². The van der Waals surface area contributed by atoms with E-state index in [1.165, 1.54) is 30.4 Å². The number of hydrogen-bond donors (Lipinski definition) is 2. The average Bonchev–Trinajstić information content (AvgIpc) is 2.79. The molecule has 0 heterocycles. The Morgan fingerprint density at radius 2 is 2.04 bits per heavy atom. The number of aromatic hydroxyl groups is 1. The van der Waals surface area contributed by atoms with Crippen LogP contribution in [0.3, 0.4) is 0 Å². The molecule has 2 fully saturated rings. The topological polar surface area (TPSA) is 40.5 Å². The minimum atomic E-state index is -0.410. The zero-order valence-electron chi connectivity index (χ0n) is 14.2. The Morgan fingerprint density at radius 1 is 1.22 bits per heavy atom. The first-order valence-electron chi connectivity index (χ1n) is 9.02. The van der Waals surface area contributed by atoms with Crippen molar-refractivity contribution in [3.8, 4) is 5.75 Å². The molecule has 1 aromatic rings. The summed E-state index contributed by atoms with van der Waals surface area (Å²) >= 11 is 0.542. The van der Waals surface area contributed by atoms with Crippen LogP contribution in [-0.4, -0.2) is 30.8 Å². The van der Waals surface area contributed by atoms with Gasteiger partial charge in [0.25, 0.3) is 0 Å². The molecule has 0 aliphatic heterocycles. The van der Waals surface area contributed by atoms with Crippen LogP contribution in [0, 0.1) is 17.3 Å². The Bertz CT molecular complexity index is 616. The summed E-state index contributed by atoms with van der Waals surface area (Å²) in [6.45, 7) is 2.39. The summed E-state index contributed by atoms with van der Waals surface area (Å²) in [6.07, 6.45) is 6.90. The van der Waals surface area contributed by atoms with Crippen molar-refractivity contribution in [2.24, 2.45) is 17.3 Å². The van der Waals surface area contributed by atoms with Crippen LogP contribution in [0.2, 0.25) is 11.1 Å². The second-order valence-corrected chi connectivity index (χ2v) is 10.1. The first-order valence-corrected chi connectivity index (χ1v) is 11.9. The monoisotopic (exact) mass is 380 g/mol. The van der Waals surface area contributed by atoms with Gasteiger partial charge in [-0.15, -0.1) is 0 Å². The summed E-state index contributed by atoms with van der Waals surface area (Å²) in [5.41, 5.74) is 2.56. The molecule has 3 heteroatoms. The van der Waals surface area contributed by atoms with Gasteiger partial charge in [-0.05, 0) is 0 Å². The molecule has 0 bridgehead atoms. The molecular formula is C20H28O2Se. The molecule has 0 aromatic heterocycles. The van der Waals surface area contributed by atoms with Crippen molar-refractivity contribution < 1.29 is 10.2 Å². The maximum atomic E-state index is 11.4. The molecule has 3 aliphatic rings. The molecule has 0 spiro atoms. The van der Waals surface area contributed by atoms with Gasteiger partial charge in [0, 0.05) is 0 Å². The molecule has 4 rings (SSSR count). The number of phenolic OH excluding ortho intramolecular Hbond substituents is 1. The van der Waals surface area contributed by atoms with Crippen LogP contribution < -0.4 is 0 Å². The van der Waals surface area contributed by atoms with Crippen LogP contribution in [0.15, 0.2) is 18.2 Å². The molecule has 2 N–H and O–H groups in total. The predicted molar refractivity (Wildman–Crippen MR) is 94.1 cm³/mol. The van der Waals surface area contributed by atoms with Gasteiger partial charge >= 0.3 is 146 Å². The molecule has 23 heavy (non-hydrogen) atoms. The number of phenols is 1. The SMILES string of the molecule is C[Se]C[C@]1(O)CC[C@H]2[C@@H]3CCc4cc(O)ccc4[C@H]3CC[C@@]21C. The van der Waals surface area contributed by atoms with Crippen LogP contribution in [0.1, 0.15) is 56.1 Å². The van der Waals surface area contributed by atoms with Crippen LogP contribution >= 0.6 is 0 Å². The quantitative estimate of drug-likeness (QED) is 0.758. The van der Waals surface area contributed by atoms with Crippen molar-refractivity contribution in [2.75, 3.05) is 0 Å². The first-order chi connectivity index (χ1) is 11.0. The van der Waals surface area contributed by atoms with Crippen LogP contribution in [-0.2, 0) is 6.42 Å². The Labute approximate surface area is 145 Å². The fraction of sp³-hybridized carbons (Fsp3) is 0.700. The molecule has 3 aliphatic carbocycles. The van der Waals surface area contributed by atoms with Crippen molar-refractivity contribution in [1.29, 1.82) is 0 Å². The zero-order chi connectivity index (χ0) is 16.2. The number of aryl methyl sites for hydroxylation is 1. The Kier molecular flexibility index (Phi) is 3.83. The van der Waals surface area contributed by atoms with Gasteiger partial charge in [-0.3, -0.25) is 0 Å². The predicted octanol–water partition coefficient (Wildman–Crippen LogP) is 4.15. The summed E-state index contributed by atoms with van der Waals surface area (Å²) in [6, 6.07) is 6.00. The van der Waals surface area contributed by atoms with Crippen molar-refractivity contribution in [2.45, 2.75) is 68.1 Å². The average molecular weight is 379 g/mol. The van der Waals surface area contributed by atoms with E-state index in [9.17, 15) is 10.2 Å². The summed E-state index contributed by atoms with van der Waals surface area (Å²) in [4.78, 5) is 0. The summed E-state index contributed by atoms with van der Waals surface area (Å²) in [7, 11) is 0. The van der Waals surface area contributed by atoms with Gasteiger partial charge in [-0.1, -0.05) is 0 Å². The molecule has 0 radical (unpaired) electrons. The van der Waals surface area contributed by atoms with Gasteiger partial charge in [-0.2, -0.15) is 0 Å². The molecular weight excluding hydrogens is 351 g/mol. The second-order valence-electron chi connectivity index (χ2n) is 8.26. The minimum absolute atomic E-state index is 0.125. The van der Waals surface area contributed by atoms with Gasteiger partial charge in [0.1, 0.15) is 0 Å². The molecule has 126 valence electrons. The summed E-state index contributed by atoms with van der Waals surface area (Å²) < 4.78 is 0. The van der Waals surface area contributed by atoms with E-state index >= 15 is 0 Å². The molecule has 0 amide bonds. The number of rotatable bonds is 2. The molecule has 2 saturated carbocycles. The number of benzene rings is 1. The van der Waals surface area contributed by atoms with E-state index in [1.54, 1.807) is 0 Å². The summed E-state index contributed by atoms with van der Waals surface area (Å²) in [5, 5.41) is 22.1. The molecule has 1 aromatic carbocycles. The second kappa shape index (κ2) is 5.51. The zero-order valence-corrected chi connectivity index (χ0v) is 15.9. The first kappa shape index (κ1) is 16.0. The van der Waals surface area contributed by atoms with Crippen LogP contribution in [0.25, 0.3) is 0 Å². The van der Waals surface area contributed by atoms with E-state index in [1.807, 2.05) is 12.1 Å². The Hall–Kier alpha value is -0.501. The Morgan fingerprint density at radius 3 is 2.83 bits per heavy atom. The van der Waals surface area contributed by atoms with E-state index in [-0.39, 0.29) is 5.41 Å². The van der Waals surface area contributed by atoms with Gasteiger partial charge < -0.3 is 0 Å². The third kappa shape index (κ3) is 2.23. The van der Waals surface area contributed by atoms with Crippen molar-refractivity contribution in [3.05, 3.63) is 29.3 Å². The fourth-order valence-corrected chi connectivity index (χ4v) is 8.15. The molecule has 0 unspecified atom stereocenters. The number of hydrogen-bond acceptors (Lipinski definition) is 2. The fourth-order valence-electron chi connectivity index (χ4n) is 6.15. The van der Waals surface area contributed by atoms with E-state index in [2.05, 4.69) is 18.8 Å². The molecule has 0 saturated heterocycles. The number of fused-ring (bicyclic) bond motifs is 5. The van der Waals surface area contributed by atoms with Crippen molar-refractivity contribution in [1.82, 2.24) is 0 Å². The van der Waals surface area contributed by atoms with E-state index < -0.39 is 5.60 Å². The third-order valence-corrected chi connectivity index (χ3v) is 9.02. The standard InChI is InChI=1S/C20H28O2Se/c1-19-9-7-16-15-6-4-14(21)11-13(15)3-5-17(16)18(19)8-10-20(19,22)12-23-2/h4,6,11,16-18,21-22H,3,5,7-10,12H2,1-2H3/t16-,17-,18+,19+,20-/m1/s1. The van der Waals surface area contributed by atoms with E-state index in [4.69, 9.17) is 0 Å². The molecule has 2 nitrogen and oxygen atoms in total. The van der Waals surface area contributed by atoms with E-state index in [0.717, 1.165) is 30.5 Å². The van der Waals surface area contributed by atoms with Gasteiger partial charge in [0.05, 0.1) is 0 Å². The normalized spacial score (nSPS) is 42.0. The van der Waals surface area contributed by atoms with Crippen LogP contribution in [0.5, 0.6) is 5.75 Å². The maximum absolute atomic E-state index is 11.4. The third-order valence-electron chi connectivity index (χ3n) is 7.41.